The van der Waals surface area contributed by atoms with Gasteiger partial charge in [0.25, 0.3) is 0 Å². The minimum Gasteiger partial charge on any atom is -0.484 e. The van der Waals surface area contributed by atoms with E-state index in [4.69, 9.17) is 5.73 Å². The molecule has 1 aromatic carbocycles. The minimum absolute atomic E-state index is 0. The number of carbonyl (C=O) groups excluding carboxylic acids is 1. The molecule has 126 valence electrons. The van der Waals surface area contributed by atoms with Gasteiger partial charge in [0.05, 0.1) is 0 Å². The Bertz CT molecular complexity index is 493. The molecule has 0 radical (unpaired) electrons. The summed E-state index contributed by atoms with van der Waals surface area (Å²) >= 11 is 0. The van der Waals surface area contributed by atoms with Crippen molar-refractivity contribution in [2.24, 2.45) is 5.73 Å². The third-order valence-corrected chi connectivity index (χ3v) is 2.68. The highest BCUT2D eigenvalue weighted by Gasteiger charge is 2.28. The molecule has 0 saturated heterocycles. The van der Waals surface area contributed by atoms with Crippen molar-refractivity contribution in [3.8, 4) is 5.75 Å². The van der Waals surface area contributed by atoms with E-state index in [-0.39, 0.29) is 30.1 Å². The maximum absolute atomic E-state index is 12.1. The number of carbonyl (C=O) groups is 1. The van der Waals surface area contributed by atoms with E-state index in [9.17, 15) is 18.0 Å². The lowest BCUT2D eigenvalue weighted by atomic mass is 10.1. The molecule has 0 aliphatic rings. The lowest BCUT2D eigenvalue weighted by molar-refractivity contribution is -0.153. The highest BCUT2D eigenvalue weighted by atomic mass is 35.5. The second-order valence-corrected chi connectivity index (χ2v) is 4.95. The van der Waals surface area contributed by atoms with Crippen LogP contribution in [0.2, 0.25) is 0 Å². The van der Waals surface area contributed by atoms with Gasteiger partial charge in [-0.15, -0.1) is 12.4 Å². The summed E-state index contributed by atoms with van der Waals surface area (Å²) in [6, 6.07) is 4.41. The number of alkyl halides is 3. The molecule has 0 aliphatic carbocycles. The summed E-state index contributed by atoms with van der Waals surface area (Å²) < 4.78 is 40.9. The number of amides is 1. The number of nitrogens with two attached hydrogens (primary N) is 1. The highest BCUT2D eigenvalue weighted by molar-refractivity contribution is 5.90. The van der Waals surface area contributed by atoms with Gasteiger partial charge >= 0.3 is 6.18 Å². The van der Waals surface area contributed by atoms with Crippen molar-refractivity contribution >= 4 is 24.0 Å². The second kappa shape index (κ2) is 8.85. The molecule has 0 spiro atoms. The van der Waals surface area contributed by atoms with E-state index in [1.807, 2.05) is 6.92 Å². The molecule has 1 amide bonds. The first-order valence-electron chi connectivity index (χ1n) is 6.53. The Morgan fingerprint density at radius 3 is 2.55 bits per heavy atom. The first-order chi connectivity index (χ1) is 9.67. The number of hydrogen-bond donors (Lipinski definition) is 2. The van der Waals surface area contributed by atoms with Gasteiger partial charge in [0.2, 0.25) is 5.91 Å². The van der Waals surface area contributed by atoms with Crippen molar-refractivity contribution in [3.05, 3.63) is 23.8 Å². The summed E-state index contributed by atoms with van der Waals surface area (Å²) in [6.45, 7) is 2.08. The quantitative estimate of drug-likeness (QED) is 0.834. The van der Waals surface area contributed by atoms with Crippen LogP contribution in [0.3, 0.4) is 0 Å². The van der Waals surface area contributed by atoms with Crippen molar-refractivity contribution in [3.63, 3.8) is 0 Å². The zero-order valence-corrected chi connectivity index (χ0v) is 13.2. The summed E-state index contributed by atoms with van der Waals surface area (Å²) in [5.74, 6) is -0.0448. The van der Waals surface area contributed by atoms with Crippen LogP contribution < -0.4 is 15.8 Å². The van der Waals surface area contributed by atoms with Crippen molar-refractivity contribution in [2.45, 2.75) is 38.9 Å². The van der Waals surface area contributed by atoms with Gasteiger partial charge in [-0.1, -0.05) is 0 Å². The predicted molar refractivity (Wildman–Crippen MR) is 81.5 cm³/mol. The average Bonchev–Trinajstić information content (AvgIpc) is 2.34. The van der Waals surface area contributed by atoms with Crippen LogP contribution in [0.25, 0.3) is 0 Å². The molecule has 22 heavy (non-hydrogen) atoms. The van der Waals surface area contributed by atoms with Crippen LogP contribution >= 0.6 is 12.4 Å². The van der Waals surface area contributed by atoms with Gasteiger partial charge in [0.15, 0.2) is 6.61 Å². The van der Waals surface area contributed by atoms with Crippen LogP contribution in [-0.2, 0) is 4.79 Å². The van der Waals surface area contributed by atoms with Gasteiger partial charge < -0.3 is 15.8 Å². The van der Waals surface area contributed by atoms with E-state index in [2.05, 4.69) is 10.1 Å². The van der Waals surface area contributed by atoms with E-state index in [0.717, 1.165) is 0 Å². The molecule has 1 rings (SSSR count). The van der Waals surface area contributed by atoms with E-state index >= 15 is 0 Å². The van der Waals surface area contributed by atoms with E-state index in [1.165, 1.54) is 12.1 Å². The molecular formula is C14H20ClF3N2O2. The van der Waals surface area contributed by atoms with Crippen molar-refractivity contribution in [1.82, 2.24) is 0 Å². The number of rotatable bonds is 6. The lowest BCUT2D eigenvalue weighted by Gasteiger charge is -2.13. The summed E-state index contributed by atoms with van der Waals surface area (Å²) in [7, 11) is 0. The summed E-state index contributed by atoms with van der Waals surface area (Å²) in [5, 5.41) is 2.67. The monoisotopic (exact) mass is 340 g/mol. The summed E-state index contributed by atoms with van der Waals surface area (Å²) in [5.41, 5.74) is 6.59. The molecule has 0 fully saturated rings. The van der Waals surface area contributed by atoms with Gasteiger partial charge in [-0.2, -0.15) is 13.2 Å². The Hall–Kier alpha value is -1.47. The number of nitrogens with one attached hydrogen (secondary N) is 1. The van der Waals surface area contributed by atoms with E-state index < -0.39 is 12.8 Å². The van der Waals surface area contributed by atoms with Gasteiger partial charge in [-0.3, -0.25) is 4.79 Å². The van der Waals surface area contributed by atoms with Gasteiger partial charge in [-0.25, -0.2) is 0 Å². The smallest absolute Gasteiger partial charge is 0.422 e. The molecule has 4 nitrogen and oxygen atoms in total. The SMILES string of the molecule is Cc1cc(NC(=O)CCC(C)N)ccc1OCC(F)(F)F.Cl. The number of hydrogen-bond acceptors (Lipinski definition) is 3. The number of benzene rings is 1. The van der Waals surface area contributed by atoms with Gasteiger partial charge in [0, 0.05) is 18.2 Å². The maximum Gasteiger partial charge on any atom is 0.422 e. The second-order valence-electron chi connectivity index (χ2n) is 4.95. The molecule has 1 aromatic rings. The fourth-order valence-electron chi connectivity index (χ4n) is 1.63. The normalized spacial score (nSPS) is 12.3. The third kappa shape index (κ3) is 8.09. The predicted octanol–water partition coefficient (Wildman–Crippen LogP) is 3.42. The third-order valence-electron chi connectivity index (χ3n) is 2.68. The average molecular weight is 341 g/mol. The van der Waals surface area contributed by atoms with Crippen LogP contribution in [0.1, 0.15) is 25.3 Å². The topological polar surface area (TPSA) is 64.4 Å². The molecule has 3 N–H and O–H groups in total. The number of ether oxygens (including phenoxy) is 1. The first kappa shape index (κ1) is 20.5. The maximum atomic E-state index is 12.1. The van der Waals surface area contributed by atoms with Crippen molar-refractivity contribution in [2.75, 3.05) is 11.9 Å². The van der Waals surface area contributed by atoms with Crippen LogP contribution in [0.5, 0.6) is 5.75 Å². The molecule has 0 aromatic heterocycles. The summed E-state index contributed by atoms with van der Waals surface area (Å²) in [6.07, 6.45) is -3.52. The fourth-order valence-corrected chi connectivity index (χ4v) is 1.63. The van der Waals surface area contributed by atoms with Crippen LogP contribution in [-0.4, -0.2) is 24.7 Å². The number of halogens is 4. The molecule has 8 heteroatoms. The van der Waals surface area contributed by atoms with Crippen LogP contribution in [0.15, 0.2) is 18.2 Å². The molecule has 0 aliphatic heterocycles. The van der Waals surface area contributed by atoms with Gasteiger partial charge in [0.1, 0.15) is 5.75 Å². The molecule has 0 heterocycles. The Kier molecular flexibility index (Phi) is 8.26. The van der Waals surface area contributed by atoms with E-state index in [0.29, 0.717) is 24.1 Å². The zero-order chi connectivity index (χ0) is 16.0. The van der Waals surface area contributed by atoms with Crippen molar-refractivity contribution in [1.29, 1.82) is 0 Å². The molecule has 1 atom stereocenters. The van der Waals surface area contributed by atoms with Gasteiger partial charge in [-0.05, 0) is 44.0 Å². The summed E-state index contributed by atoms with van der Waals surface area (Å²) in [4.78, 5) is 11.6. The Morgan fingerprint density at radius 2 is 2.05 bits per heavy atom. The Labute approximate surface area is 133 Å². The van der Waals surface area contributed by atoms with E-state index in [1.54, 1.807) is 13.0 Å². The largest absolute Gasteiger partial charge is 0.484 e. The Morgan fingerprint density at radius 1 is 1.41 bits per heavy atom. The number of aryl methyl sites for hydroxylation is 1. The zero-order valence-electron chi connectivity index (χ0n) is 12.4. The number of anilines is 1. The highest BCUT2D eigenvalue weighted by Crippen LogP contribution is 2.24. The minimum atomic E-state index is -4.38. The van der Waals surface area contributed by atoms with Crippen molar-refractivity contribution < 1.29 is 22.7 Å². The molecule has 0 bridgehead atoms. The fraction of sp³-hybridized carbons (Fsp3) is 0.500. The molecule has 1 unspecified atom stereocenters. The molecular weight excluding hydrogens is 321 g/mol. The van der Waals surface area contributed by atoms with Crippen LogP contribution in [0, 0.1) is 6.92 Å². The first-order valence-corrected chi connectivity index (χ1v) is 6.53. The standard InChI is InChI=1S/C14H19F3N2O2.ClH/c1-9-7-11(19-13(20)6-3-10(2)18)4-5-12(9)21-8-14(15,16)17;/h4-5,7,10H,3,6,8,18H2,1-2H3,(H,19,20);1H. The lowest BCUT2D eigenvalue weighted by Crippen LogP contribution is -2.20. The molecule has 0 saturated carbocycles. The Balaban J connectivity index is 0.00000441. The van der Waals surface area contributed by atoms with Crippen LogP contribution in [0.4, 0.5) is 18.9 Å².